The lowest BCUT2D eigenvalue weighted by Gasteiger charge is -2.33. The summed E-state index contributed by atoms with van der Waals surface area (Å²) in [5.41, 5.74) is 8.98. The Labute approximate surface area is 175 Å². The predicted octanol–water partition coefficient (Wildman–Crippen LogP) is 2.44. The third-order valence-electron chi connectivity index (χ3n) is 5.57. The first kappa shape index (κ1) is 20.0. The summed E-state index contributed by atoms with van der Waals surface area (Å²) in [5.74, 6) is -0.127. The smallest absolute Gasteiger partial charge is 0.321 e. The molecule has 2 aromatic carbocycles. The first-order valence-electron chi connectivity index (χ1n) is 10.3. The maximum absolute atomic E-state index is 13.1. The fraction of sp³-hybridized carbons (Fsp3) is 0.304. The summed E-state index contributed by atoms with van der Waals surface area (Å²) in [6, 6.07) is 17.9. The maximum Gasteiger partial charge on any atom is 0.321 e. The minimum atomic E-state index is -0.127. The van der Waals surface area contributed by atoms with Gasteiger partial charge in [0, 0.05) is 30.2 Å². The number of carbonyl (C=O) groups is 2. The number of nitrogens with one attached hydrogen (secondary N) is 1. The second kappa shape index (κ2) is 9.00. The van der Waals surface area contributed by atoms with E-state index in [1.807, 2.05) is 29.2 Å². The summed E-state index contributed by atoms with van der Waals surface area (Å²) in [6.45, 7) is 2.28. The van der Waals surface area contributed by atoms with Crippen molar-refractivity contribution < 1.29 is 14.4 Å². The molecule has 30 heavy (non-hydrogen) atoms. The molecule has 0 spiro atoms. The molecule has 7 nitrogen and oxygen atoms in total. The monoisotopic (exact) mass is 406 g/mol. The predicted molar refractivity (Wildman–Crippen MR) is 116 cm³/mol. The van der Waals surface area contributed by atoms with E-state index >= 15 is 0 Å². The molecule has 0 atom stereocenters. The normalized spacial score (nSPS) is 14.6. The number of fused-ring (bicyclic) bond motifs is 1. The third kappa shape index (κ3) is 4.16. The number of nitrogens with two attached hydrogens (primary N) is 1. The summed E-state index contributed by atoms with van der Waals surface area (Å²) in [6.07, 6.45) is 2.58. The van der Waals surface area contributed by atoms with Crippen molar-refractivity contribution in [2.75, 3.05) is 25.0 Å². The first-order valence-corrected chi connectivity index (χ1v) is 10.3. The van der Waals surface area contributed by atoms with E-state index < -0.39 is 0 Å². The maximum atomic E-state index is 13.1. The van der Waals surface area contributed by atoms with Crippen LogP contribution >= 0.6 is 0 Å². The standard InChI is InChI=1S/C23H26N4O3/c24-12-9-17-5-7-19(8-6-17)25-20-10-13-26(14-11-20)23(29)22-15-18-3-1-2-4-21(18)27(22)30-16-28/h1-8,15-16,20,25H,9-14,24H2. The highest BCUT2D eigenvalue weighted by atomic mass is 16.7. The number of anilines is 1. The summed E-state index contributed by atoms with van der Waals surface area (Å²) in [5, 5.41) is 4.42. The fourth-order valence-corrected chi connectivity index (χ4v) is 3.99. The van der Waals surface area contributed by atoms with Crippen LogP contribution in [0.4, 0.5) is 5.69 Å². The minimum absolute atomic E-state index is 0.127. The molecule has 4 rings (SSSR count). The van der Waals surface area contributed by atoms with Crippen molar-refractivity contribution in [3.05, 3.63) is 65.9 Å². The number of para-hydroxylation sites is 1. The largest absolute Gasteiger partial charge is 0.382 e. The average Bonchev–Trinajstić information content (AvgIpc) is 3.14. The average molecular weight is 406 g/mol. The molecule has 0 bridgehead atoms. The summed E-state index contributed by atoms with van der Waals surface area (Å²) >= 11 is 0. The Morgan fingerprint density at radius 1 is 1.13 bits per heavy atom. The number of likely N-dealkylation sites (tertiary alicyclic amines) is 1. The van der Waals surface area contributed by atoms with E-state index in [0.717, 1.165) is 30.3 Å². The van der Waals surface area contributed by atoms with E-state index in [2.05, 4.69) is 29.6 Å². The highest BCUT2D eigenvalue weighted by molar-refractivity contribution is 5.98. The van der Waals surface area contributed by atoms with Crippen molar-refractivity contribution in [2.45, 2.75) is 25.3 Å². The van der Waals surface area contributed by atoms with Crippen molar-refractivity contribution in [1.82, 2.24) is 9.63 Å². The Kier molecular flexibility index (Phi) is 5.99. The molecule has 1 amide bonds. The molecule has 0 aliphatic carbocycles. The van der Waals surface area contributed by atoms with Crippen LogP contribution in [0.2, 0.25) is 0 Å². The molecule has 156 valence electrons. The highest BCUT2D eigenvalue weighted by Gasteiger charge is 2.27. The van der Waals surface area contributed by atoms with Crippen LogP contribution in [0.1, 0.15) is 28.9 Å². The van der Waals surface area contributed by atoms with Crippen LogP contribution in [-0.4, -0.2) is 47.7 Å². The molecule has 2 heterocycles. The van der Waals surface area contributed by atoms with Gasteiger partial charge in [0.2, 0.25) is 0 Å². The molecule has 3 aromatic rings. The van der Waals surface area contributed by atoms with Crippen molar-refractivity contribution in [2.24, 2.45) is 5.73 Å². The molecule has 0 radical (unpaired) electrons. The van der Waals surface area contributed by atoms with Gasteiger partial charge in [0.15, 0.2) is 0 Å². The Hall–Kier alpha value is -3.32. The van der Waals surface area contributed by atoms with Crippen molar-refractivity contribution in [3.63, 3.8) is 0 Å². The summed E-state index contributed by atoms with van der Waals surface area (Å²) in [7, 11) is 0. The molecule has 7 heteroatoms. The zero-order valence-electron chi connectivity index (χ0n) is 16.8. The van der Waals surface area contributed by atoms with E-state index in [0.29, 0.717) is 43.4 Å². The molecule has 0 saturated carbocycles. The van der Waals surface area contributed by atoms with Crippen LogP contribution < -0.4 is 15.9 Å². The number of hydrogen-bond acceptors (Lipinski definition) is 5. The van der Waals surface area contributed by atoms with Gasteiger partial charge in [0.05, 0.1) is 5.52 Å². The van der Waals surface area contributed by atoms with Crippen molar-refractivity contribution in [1.29, 1.82) is 0 Å². The second-order valence-corrected chi connectivity index (χ2v) is 7.53. The molecule has 1 aliphatic rings. The Bertz CT molecular complexity index is 1020. The molecule has 1 aliphatic heterocycles. The summed E-state index contributed by atoms with van der Waals surface area (Å²) < 4.78 is 1.32. The first-order chi connectivity index (χ1) is 14.7. The Morgan fingerprint density at radius 2 is 1.87 bits per heavy atom. The van der Waals surface area contributed by atoms with Gasteiger partial charge in [0.1, 0.15) is 5.69 Å². The van der Waals surface area contributed by atoms with Gasteiger partial charge in [0.25, 0.3) is 5.91 Å². The number of piperidine rings is 1. The van der Waals surface area contributed by atoms with Crippen LogP contribution in [0.5, 0.6) is 0 Å². The van der Waals surface area contributed by atoms with E-state index in [1.54, 1.807) is 6.07 Å². The van der Waals surface area contributed by atoms with Gasteiger partial charge in [-0.2, -0.15) is 4.73 Å². The lowest BCUT2D eigenvalue weighted by molar-refractivity contribution is -0.128. The third-order valence-corrected chi connectivity index (χ3v) is 5.57. The van der Waals surface area contributed by atoms with Crippen LogP contribution in [0.15, 0.2) is 54.6 Å². The Balaban J connectivity index is 1.40. The number of nitrogens with zero attached hydrogens (tertiary/aromatic N) is 2. The van der Waals surface area contributed by atoms with Crippen LogP contribution in [0, 0.1) is 0 Å². The van der Waals surface area contributed by atoms with Gasteiger partial charge in [-0.25, -0.2) is 0 Å². The van der Waals surface area contributed by atoms with Gasteiger partial charge < -0.3 is 20.8 Å². The van der Waals surface area contributed by atoms with Crippen molar-refractivity contribution in [3.8, 4) is 0 Å². The molecular formula is C23H26N4O3. The zero-order valence-corrected chi connectivity index (χ0v) is 16.8. The van der Waals surface area contributed by atoms with Gasteiger partial charge in [-0.15, -0.1) is 0 Å². The molecule has 1 saturated heterocycles. The van der Waals surface area contributed by atoms with E-state index in [4.69, 9.17) is 10.6 Å². The van der Waals surface area contributed by atoms with E-state index in [1.165, 1.54) is 10.3 Å². The Morgan fingerprint density at radius 3 is 2.57 bits per heavy atom. The molecule has 1 aromatic heterocycles. The number of rotatable bonds is 7. The molecule has 0 unspecified atom stereocenters. The lowest BCUT2D eigenvalue weighted by atomic mass is 10.0. The molecule has 3 N–H and O–H groups in total. The van der Waals surface area contributed by atoms with Crippen molar-refractivity contribution >= 4 is 29.0 Å². The number of benzene rings is 2. The fourth-order valence-electron chi connectivity index (χ4n) is 3.99. The zero-order chi connectivity index (χ0) is 20.9. The van der Waals surface area contributed by atoms with Gasteiger partial charge in [-0.3, -0.25) is 9.59 Å². The van der Waals surface area contributed by atoms with E-state index in [9.17, 15) is 9.59 Å². The highest BCUT2D eigenvalue weighted by Crippen LogP contribution is 2.23. The van der Waals surface area contributed by atoms with Crippen LogP contribution in [0.3, 0.4) is 0 Å². The number of carbonyl (C=O) groups excluding carboxylic acids is 2. The summed E-state index contributed by atoms with van der Waals surface area (Å²) in [4.78, 5) is 31.0. The van der Waals surface area contributed by atoms with E-state index in [-0.39, 0.29) is 5.91 Å². The molecule has 1 fully saturated rings. The lowest BCUT2D eigenvalue weighted by Crippen LogP contribution is -2.43. The van der Waals surface area contributed by atoms with Crippen LogP contribution in [-0.2, 0) is 11.2 Å². The molecular weight excluding hydrogens is 380 g/mol. The second-order valence-electron chi connectivity index (χ2n) is 7.53. The topological polar surface area (TPSA) is 89.6 Å². The van der Waals surface area contributed by atoms with Gasteiger partial charge in [-0.1, -0.05) is 30.3 Å². The van der Waals surface area contributed by atoms with Gasteiger partial charge in [-0.05, 0) is 55.6 Å². The quantitative estimate of drug-likeness (QED) is 0.589. The SMILES string of the molecule is NCCc1ccc(NC2CCN(C(=O)c3cc4ccccc4n3OC=O)CC2)cc1. The van der Waals surface area contributed by atoms with Gasteiger partial charge >= 0.3 is 6.47 Å². The minimum Gasteiger partial charge on any atom is -0.382 e. The number of hydrogen-bond donors (Lipinski definition) is 2. The number of amides is 1. The number of aromatic nitrogens is 1. The van der Waals surface area contributed by atoms with Crippen LogP contribution in [0.25, 0.3) is 10.9 Å².